The molecule has 0 saturated carbocycles. The molecule has 0 aliphatic carbocycles. The third-order valence-electron chi connectivity index (χ3n) is 3.19. The molecule has 0 aromatic carbocycles. The summed E-state index contributed by atoms with van der Waals surface area (Å²) < 4.78 is 0. The second kappa shape index (κ2) is 4.43. The molecule has 0 amide bonds. The maximum atomic E-state index is 9.76. The van der Waals surface area contributed by atoms with Gasteiger partial charge in [0.1, 0.15) is 6.23 Å². The van der Waals surface area contributed by atoms with Gasteiger partial charge in [-0.1, -0.05) is 13.8 Å². The standard InChI is InChI=1S/C11H23NO/c1-8(2)5-10-6-9(3)12(4)11(13)7-10/h8-11,13H,5-7H2,1-4H3/t9-,10+,11+/m0/s1. The normalized spacial score (nSPS) is 36.9. The zero-order valence-corrected chi connectivity index (χ0v) is 9.33. The molecule has 78 valence electrons. The summed E-state index contributed by atoms with van der Waals surface area (Å²) in [7, 11) is 2.01. The SMILES string of the molecule is CC(C)C[C@H]1C[C@@H](O)N(C)[C@@H](C)C1. The smallest absolute Gasteiger partial charge is 0.107 e. The van der Waals surface area contributed by atoms with Gasteiger partial charge in [-0.15, -0.1) is 0 Å². The Balaban J connectivity index is 2.44. The average Bonchev–Trinajstić information content (AvgIpc) is 1.98. The van der Waals surface area contributed by atoms with Crippen molar-refractivity contribution in [3.05, 3.63) is 0 Å². The Morgan fingerprint density at radius 3 is 2.46 bits per heavy atom. The van der Waals surface area contributed by atoms with Crippen LogP contribution in [0.5, 0.6) is 0 Å². The molecule has 1 rings (SSSR count). The van der Waals surface area contributed by atoms with E-state index >= 15 is 0 Å². The molecule has 0 radical (unpaired) electrons. The number of aliphatic hydroxyl groups excluding tert-OH is 1. The van der Waals surface area contributed by atoms with Crippen molar-refractivity contribution in [2.75, 3.05) is 7.05 Å². The summed E-state index contributed by atoms with van der Waals surface area (Å²) in [4.78, 5) is 2.08. The summed E-state index contributed by atoms with van der Waals surface area (Å²) in [5.41, 5.74) is 0. The molecule has 0 aromatic rings. The van der Waals surface area contributed by atoms with E-state index in [1.807, 2.05) is 7.05 Å². The number of hydrogen-bond donors (Lipinski definition) is 1. The lowest BCUT2D eigenvalue weighted by Gasteiger charge is -2.39. The van der Waals surface area contributed by atoms with Crippen LogP contribution in [-0.4, -0.2) is 29.3 Å². The number of rotatable bonds is 2. The molecule has 1 saturated heterocycles. The number of piperidine rings is 1. The molecule has 1 aliphatic heterocycles. The fourth-order valence-corrected chi connectivity index (χ4v) is 2.36. The zero-order valence-electron chi connectivity index (χ0n) is 9.33. The predicted molar refractivity (Wildman–Crippen MR) is 55.4 cm³/mol. The first-order valence-corrected chi connectivity index (χ1v) is 5.40. The monoisotopic (exact) mass is 185 g/mol. The van der Waals surface area contributed by atoms with Crippen LogP contribution in [0.15, 0.2) is 0 Å². The first-order chi connectivity index (χ1) is 6.00. The van der Waals surface area contributed by atoms with E-state index in [2.05, 4.69) is 25.7 Å². The van der Waals surface area contributed by atoms with Crippen LogP contribution in [0.3, 0.4) is 0 Å². The number of likely N-dealkylation sites (tertiary alicyclic amines) is 1. The van der Waals surface area contributed by atoms with Gasteiger partial charge >= 0.3 is 0 Å². The van der Waals surface area contributed by atoms with Gasteiger partial charge < -0.3 is 5.11 Å². The highest BCUT2D eigenvalue weighted by molar-refractivity contribution is 4.79. The summed E-state index contributed by atoms with van der Waals surface area (Å²) in [5.74, 6) is 1.48. The largest absolute Gasteiger partial charge is 0.378 e. The van der Waals surface area contributed by atoms with Crippen molar-refractivity contribution in [1.82, 2.24) is 4.90 Å². The molecule has 0 unspecified atom stereocenters. The highest BCUT2D eigenvalue weighted by atomic mass is 16.3. The molecule has 2 heteroatoms. The van der Waals surface area contributed by atoms with Gasteiger partial charge in [0.25, 0.3) is 0 Å². The summed E-state index contributed by atoms with van der Waals surface area (Å²) in [5, 5.41) is 9.76. The number of nitrogens with zero attached hydrogens (tertiary/aromatic N) is 1. The molecule has 13 heavy (non-hydrogen) atoms. The Bertz CT molecular complexity index is 146. The highest BCUT2D eigenvalue weighted by Gasteiger charge is 2.29. The first kappa shape index (κ1) is 11.0. The van der Waals surface area contributed by atoms with Crippen molar-refractivity contribution < 1.29 is 5.11 Å². The van der Waals surface area contributed by atoms with Gasteiger partial charge in [-0.05, 0) is 45.1 Å². The molecular formula is C11H23NO. The van der Waals surface area contributed by atoms with E-state index in [4.69, 9.17) is 0 Å². The Hall–Kier alpha value is -0.0800. The third kappa shape index (κ3) is 2.96. The van der Waals surface area contributed by atoms with Crippen molar-refractivity contribution in [2.24, 2.45) is 11.8 Å². The molecule has 1 fully saturated rings. The highest BCUT2D eigenvalue weighted by Crippen LogP contribution is 2.29. The lowest BCUT2D eigenvalue weighted by molar-refractivity contribution is -0.0564. The van der Waals surface area contributed by atoms with Gasteiger partial charge in [0.05, 0.1) is 0 Å². The average molecular weight is 185 g/mol. The Kier molecular flexibility index (Phi) is 3.74. The predicted octanol–water partition coefficient (Wildman–Crippen LogP) is 2.08. The van der Waals surface area contributed by atoms with Crippen LogP contribution < -0.4 is 0 Å². The van der Waals surface area contributed by atoms with E-state index in [9.17, 15) is 5.11 Å². The Morgan fingerprint density at radius 2 is 2.00 bits per heavy atom. The zero-order chi connectivity index (χ0) is 10.0. The van der Waals surface area contributed by atoms with Crippen LogP contribution in [0.1, 0.15) is 40.0 Å². The molecular weight excluding hydrogens is 162 g/mol. The van der Waals surface area contributed by atoms with Crippen LogP contribution >= 0.6 is 0 Å². The molecule has 0 bridgehead atoms. The summed E-state index contributed by atoms with van der Waals surface area (Å²) >= 11 is 0. The Morgan fingerprint density at radius 1 is 1.38 bits per heavy atom. The third-order valence-corrected chi connectivity index (χ3v) is 3.19. The molecule has 1 N–H and O–H groups in total. The molecule has 2 nitrogen and oxygen atoms in total. The minimum Gasteiger partial charge on any atom is -0.378 e. The number of hydrogen-bond acceptors (Lipinski definition) is 2. The van der Waals surface area contributed by atoms with Gasteiger partial charge in [0.2, 0.25) is 0 Å². The minimum absolute atomic E-state index is 0.215. The second-order valence-electron chi connectivity index (χ2n) is 4.96. The van der Waals surface area contributed by atoms with Crippen LogP contribution in [0, 0.1) is 11.8 Å². The fourth-order valence-electron chi connectivity index (χ4n) is 2.36. The van der Waals surface area contributed by atoms with Crippen LogP contribution in [-0.2, 0) is 0 Å². The van der Waals surface area contributed by atoms with Crippen molar-refractivity contribution >= 4 is 0 Å². The van der Waals surface area contributed by atoms with Crippen molar-refractivity contribution in [2.45, 2.75) is 52.3 Å². The van der Waals surface area contributed by atoms with Crippen LogP contribution in [0.4, 0.5) is 0 Å². The molecule has 1 aliphatic rings. The molecule has 0 aromatic heterocycles. The maximum Gasteiger partial charge on any atom is 0.107 e. The maximum absolute atomic E-state index is 9.76. The van der Waals surface area contributed by atoms with Crippen LogP contribution in [0.25, 0.3) is 0 Å². The fraction of sp³-hybridized carbons (Fsp3) is 1.00. The van der Waals surface area contributed by atoms with E-state index in [0.717, 1.165) is 18.3 Å². The van der Waals surface area contributed by atoms with Gasteiger partial charge in [-0.2, -0.15) is 0 Å². The minimum atomic E-state index is -0.215. The lowest BCUT2D eigenvalue weighted by Crippen LogP contribution is -2.45. The van der Waals surface area contributed by atoms with Crippen molar-refractivity contribution in [3.63, 3.8) is 0 Å². The summed E-state index contributed by atoms with van der Waals surface area (Å²) in [6.07, 6.45) is 3.24. The van der Waals surface area contributed by atoms with E-state index < -0.39 is 0 Å². The molecule has 0 spiro atoms. The van der Waals surface area contributed by atoms with Crippen LogP contribution in [0.2, 0.25) is 0 Å². The summed E-state index contributed by atoms with van der Waals surface area (Å²) in [6.45, 7) is 6.72. The van der Waals surface area contributed by atoms with Gasteiger partial charge in [0, 0.05) is 6.04 Å². The van der Waals surface area contributed by atoms with E-state index in [0.29, 0.717) is 6.04 Å². The lowest BCUT2D eigenvalue weighted by atomic mass is 9.85. The van der Waals surface area contributed by atoms with E-state index in [1.165, 1.54) is 12.8 Å². The Labute approximate surface area is 81.9 Å². The molecule has 3 atom stereocenters. The first-order valence-electron chi connectivity index (χ1n) is 5.40. The summed E-state index contributed by atoms with van der Waals surface area (Å²) in [6, 6.07) is 0.535. The van der Waals surface area contributed by atoms with Gasteiger partial charge in [0.15, 0.2) is 0 Å². The van der Waals surface area contributed by atoms with Crippen molar-refractivity contribution in [1.29, 1.82) is 0 Å². The van der Waals surface area contributed by atoms with E-state index in [1.54, 1.807) is 0 Å². The van der Waals surface area contributed by atoms with Gasteiger partial charge in [-0.3, -0.25) is 4.90 Å². The molecule has 1 heterocycles. The van der Waals surface area contributed by atoms with Crippen molar-refractivity contribution in [3.8, 4) is 0 Å². The number of aliphatic hydroxyl groups is 1. The van der Waals surface area contributed by atoms with Gasteiger partial charge in [-0.25, -0.2) is 0 Å². The van der Waals surface area contributed by atoms with E-state index in [-0.39, 0.29) is 6.23 Å². The topological polar surface area (TPSA) is 23.5 Å². The second-order valence-corrected chi connectivity index (χ2v) is 4.96. The quantitative estimate of drug-likeness (QED) is 0.712.